The van der Waals surface area contributed by atoms with E-state index >= 15 is 0 Å². The van der Waals surface area contributed by atoms with Crippen LogP contribution in [-0.2, 0) is 0 Å². The van der Waals surface area contributed by atoms with Gasteiger partial charge in [0.15, 0.2) is 0 Å². The molecule has 0 spiro atoms. The van der Waals surface area contributed by atoms with Crippen molar-refractivity contribution in [2.75, 3.05) is 13.1 Å². The molecule has 0 N–H and O–H groups in total. The summed E-state index contributed by atoms with van der Waals surface area (Å²) < 4.78 is 0. The van der Waals surface area contributed by atoms with E-state index in [1.54, 1.807) is 0 Å². The molecular formula is C13H21N. The van der Waals surface area contributed by atoms with Gasteiger partial charge >= 0.3 is 0 Å². The van der Waals surface area contributed by atoms with Gasteiger partial charge in [0.1, 0.15) is 0 Å². The van der Waals surface area contributed by atoms with Crippen molar-refractivity contribution in [3.8, 4) is 0 Å². The Morgan fingerprint density at radius 1 is 1.14 bits per heavy atom. The van der Waals surface area contributed by atoms with Crippen molar-refractivity contribution in [2.45, 2.75) is 44.6 Å². The summed E-state index contributed by atoms with van der Waals surface area (Å²) in [5.41, 5.74) is 0.356. The van der Waals surface area contributed by atoms with Crippen molar-refractivity contribution >= 4 is 0 Å². The molecule has 14 heavy (non-hydrogen) atoms. The maximum absolute atomic E-state index is 2.69. The Labute approximate surface area is 87.5 Å². The van der Waals surface area contributed by atoms with E-state index in [0.29, 0.717) is 5.54 Å². The molecule has 0 radical (unpaired) electrons. The summed E-state index contributed by atoms with van der Waals surface area (Å²) in [6, 6.07) is 0. The molecule has 0 aromatic rings. The van der Waals surface area contributed by atoms with E-state index in [-0.39, 0.29) is 0 Å². The second-order valence-corrected chi connectivity index (χ2v) is 4.50. The van der Waals surface area contributed by atoms with Crippen LogP contribution in [0.15, 0.2) is 24.3 Å². The van der Waals surface area contributed by atoms with E-state index in [1.165, 1.54) is 45.2 Å². The lowest BCUT2D eigenvalue weighted by molar-refractivity contribution is 0.101. The molecule has 1 fully saturated rings. The minimum atomic E-state index is 0.356. The molecule has 78 valence electrons. The largest absolute Gasteiger partial charge is 0.294 e. The van der Waals surface area contributed by atoms with Crippen molar-refractivity contribution in [1.82, 2.24) is 4.90 Å². The number of hydrogen-bond acceptors (Lipinski definition) is 1. The van der Waals surface area contributed by atoms with E-state index in [0.717, 1.165) is 0 Å². The Morgan fingerprint density at radius 2 is 1.93 bits per heavy atom. The number of allylic oxidation sites excluding steroid dienone is 2. The molecule has 0 saturated carbocycles. The lowest BCUT2D eigenvalue weighted by atomic mass is 9.85. The summed E-state index contributed by atoms with van der Waals surface area (Å²) in [4.78, 5) is 2.69. The van der Waals surface area contributed by atoms with Gasteiger partial charge in [-0.1, -0.05) is 37.6 Å². The molecule has 2 rings (SSSR count). The van der Waals surface area contributed by atoms with Gasteiger partial charge in [-0.25, -0.2) is 0 Å². The van der Waals surface area contributed by atoms with Crippen LogP contribution in [0, 0.1) is 0 Å². The maximum atomic E-state index is 2.69. The third-order valence-corrected chi connectivity index (χ3v) is 3.72. The molecule has 2 aliphatic rings. The van der Waals surface area contributed by atoms with Gasteiger partial charge in [0.2, 0.25) is 0 Å². The molecule has 1 atom stereocenters. The SMILES string of the molecule is CC[C@]1(N2CCCCC2)C=CC=CC1. The number of nitrogens with zero attached hydrogens (tertiary/aromatic N) is 1. The molecule has 1 saturated heterocycles. The van der Waals surface area contributed by atoms with Gasteiger partial charge < -0.3 is 0 Å². The van der Waals surface area contributed by atoms with Crippen LogP contribution in [-0.4, -0.2) is 23.5 Å². The fourth-order valence-electron chi connectivity index (χ4n) is 2.71. The van der Waals surface area contributed by atoms with Gasteiger partial charge in [0, 0.05) is 5.54 Å². The van der Waals surface area contributed by atoms with Crippen molar-refractivity contribution in [2.24, 2.45) is 0 Å². The zero-order valence-electron chi connectivity index (χ0n) is 9.21. The van der Waals surface area contributed by atoms with Gasteiger partial charge in [0.05, 0.1) is 0 Å². The van der Waals surface area contributed by atoms with Gasteiger partial charge in [-0.3, -0.25) is 4.90 Å². The fourth-order valence-corrected chi connectivity index (χ4v) is 2.71. The van der Waals surface area contributed by atoms with Crippen molar-refractivity contribution in [3.05, 3.63) is 24.3 Å². The van der Waals surface area contributed by atoms with E-state index in [9.17, 15) is 0 Å². The molecule has 0 aromatic carbocycles. The standard InChI is InChI=1S/C13H21N/c1-2-13(9-5-3-6-10-13)14-11-7-4-8-12-14/h3,5-6,9H,2,4,7-8,10-12H2,1H3/t13-/m0/s1. The van der Waals surface area contributed by atoms with E-state index < -0.39 is 0 Å². The molecule has 0 unspecified atom stereocenters. The lowest BCUT2D eigenvalue weighted by Gasteiger charge is -2.44. The van der Waals surface area contributed by atoms with Gasteiger partial charge in [0.25, 0.3) is 0 Å². The van der Waals surface area contributed by atoms with Crippen LogP contribution in [0.3, 0.4) is 0 Å². The van der Waals surface area contributed by atoms with Crippen LogP contribution < -0.4 is 0 Å². The number of likely N-dealkylation sites (tertiary alicyclic amines) is 1. The molecule has 0 aromatic heterocycles. The topological polar surface area (TPSA) is 3.24 Å². The summed E-state index contributed by atoms with van der Waals surface area (Å²) in [6.45, 7) is 4.91. The summed E-state index contributed by atoms with van der Waals surface area (Å²) in [5.74, 6) is 0. The molecule has 1 heteroatoms. The summed E-state index contributed by atoms with van der Waals surface area (Å²) in [6.07, 6.45) is 15.8. The fraction of sp³-hybridized carbons (Fsp3) is 0.692. The highest BCUT2D eigenvalue weighted by Gasteiger charge is 2.32. The Hall–Kier alpha value is -0.560. The van der Waals surface area contributed by atoms with Crippen LogP contribution in [0.25, 0.3) is 0 Å². The maximum Gasteiger partial charge on any atom is 0.0426 e. The molecule has 1 aliphatic carbocycles. The Morgan fingerprint density at radius 3 is 2.50 bits per heavy atom. The van der Waals surface area contributed by atoms with Crippen LogP contribution >= 0.6 is 0 Å². The minimum absolute atomic E-state index is 0.356. The normalized spacial score (nSPS) is 33.5. The predicted octanol–water partition coefficient (Wildman–Crippen LogP) is 3.14. The number of hydrogen-bond donors (Lipinski definition) is 0. The third-order valence-electron chi connectivity index (χ3n) is 3.72. The number of rotatable bonds is 2. The quantitative estimate of drug-likeness (QED) is 0.648. The van der Waals surface area contributed by atoms with E-state index in [2.05, 4.69) is 36.1 Å². The van der Waals surface area contributed by atoms with Crippen LogP contribution in [0.1, 0.15) is 39.0 Å². The smallest absolute Gasteiger partial charge is 0.0426 e. The zero-order chi connectivity index (χ0) is 9.86. The van der Waals surface area contributed by atoms with E-state index in [4.69, 9.17) is 0 Å². The lowest BCUT2D eigenvalue weighted by Crippen LogP contribution is -2.49. The van der Waals surface area contributed by atoms with Crippen molar-refractivity contribution < 1.29 is 0 Å². The van der Waals surface area contributed by atoms with Crippen LogP contribution in [0.2, 0.25) is 0 Å². The summed E-state index contributed by atoms with van der Waals surface area (Å²) in [7, 11) is 0. The number of piperidine rings is 1. The Kier molecular flexibility index (Phi) is 3.07. The first-order valence-corrected chi connectivity index (χ1v) is 5.97. The molecular weight excluding hydrogens is 170 g/mol. The first-order chi connectivity index (χ1) is 6.87. The molecule has 0 bridgehead atoms. The summed E-state index contributed by atoms with van der Waals surface area (Å²) in [5, 5.41) is 0. The second-order valence-electron chi connectivity index (χ2n) is 4.50. The van der Waals surface area contributed by atoms with Gasteiger partial charge in [-0.2, -0.15) is 0 Å². The highest BCUT2D eigenvalue weighted by atomic mass is 15.2. The molecule has 1 nitrogen and oxygen atoms in total. The zero-order valence-corrected chi connectivity index (χ0v) is 9.21. The predicted molar refractivity (Wildman–Crippen MR) is 61.3 cm³/mol. The van der Waals surface area contributed by atoms with Crippen LogP contribution in [0.5, 0.6) is 0 Å². The monoisotopic (exact) mass is 191 g/mol. The highest BCUT2D eigenvalue weighted by Crippen LogP contribution is 2.31. The Balaban J connectivity index is 2.10. The molecule has 1 aliphatic heterocycles. The Bertz CT molecular complexity index is 236. The van der Waals surface area contributed by atoms with Gasteiger partial charge in [-0.05, 0) is 38.8 Å². The van der Waals surface area contributed by atoms with Crippen LogP contribution in [0.4, 0.5) is 0 Å². The summed E-state index contributed by atoms with van der Waals surface area (Å²) >= 11 is 0. The first-order valence-electron chi connectivity index (χ1n) is 5.97. The van der Waals surface area contributed by atoms with E-state index in [1.807, 2.05) is 0 Å². The average Bonchev–Trinajstić information content (AvgIpc) is 2.31. The van der Waals surface area contributed by atoms with Crippen molar-refractivity contribution in [1.29, 1.82) is 0 Å². The second kappa shape index (κ2) is 4.31. The first kappa shape index (κ1) is 9.97. The minimum Gasteiger partial charge on any atom is -0.294 e. The van der Waals surface area contributed by atoms with Crippen molar-refractivity contribution in [3.63, 3.8) is 0 Å². The molecule has 1 heterocycles. The highest BCUT2D eigenvalue weighted by molar-refractivity contribution is 5.21. The van der Waals surface area contributed by atoms with Gasteiger partial charge in [-0.15, -0.1) is 0 Å². The molecule has 0 amide bonds. The average molecular weight is 191 g/mol. The third kappa shape index (κ3) is 1.78.